The van der Waals surface area contributed by atoms with Crippen LogP contribution >= 0.6 is 12.4 Å². The second-order valence-electron chi connectivity index (χ2n) is 8.20. The van der Waals surface area contributed by atoms with Crippen LogP contribution in [0.5, 0.6) is 0 Å². The molecule has 23 heavy (non-hydrogen) atoms. The van der Waals surface area contributed by atoms with Gasteiger partial charge in [0, 0.05) is 24.8 Å². The van der Waals surface area contributed by atoms with Crippen molar-refractivity contribution in [3.63, 3.8) is 0 Å². The summed E-state index contributed by atoms with van der Waals surface area (Å²) in [6.45, 7) is 3.89. The second-order valence-corrected chi connectivity index (χ2v) is 8.20. The van der Waals surface area contributed by atoms with Crippen molar-refractivity contribution in [3.05, 3.63) is 0 Å². The van der Waals surface area contributed by atoms with Gasteiger partial charge >= 0.3 is 0 Å². The van der Waals surface area contributed by atoms with Crippen LogP contribution in [0.4, 0.5) is 0 Å². The van der Waals surface area contributed by atoms with Crippen molar-refractivity contribution >= 4 is 18.3 Å². The molecule has 2 aliphatic carbocycles. The molecule has 0 aromatic carbocycles. The number of hydrogen-bond acceptors (Lipinski definition) is 3. The Morgan fingerprint density at radius 3 is 2.30 bits per heavy atom. The number of hydrogen-bond donors (Lipinski definition) is 2. The minimum absolute atomic E-state index is 0. The normalized spacial score (nSPS) is 34.6. The number of ether oxygens (including phenoxy) is 1. The lowest BCUT2D eigenvalue weighted by Crippen LogP contribution is -2.54. The van der Waals surface area contributed by atoms with Crippen molar-refractivity contribution in [2.24, 2.45) is 17.1 Å². The Morgan fingerprint density at radius 2 is 1.70 bits per heavy atom. The zero-order valence-electron chi connectivity index (χ0n) is 14.4. The molecule has 3 N–H and O–H groups in total. The van der Waals surface area contributed by atoms with Gasteiger partial charge in [-0.05, 0) is 63.7 Å². The zero-order valence-corrected chi connectivity index (χ0v) is 15.3. The standard InChI is InChI=1S/C18H32N2O2.ClH/c1-17(19)7-3-2-4-15(17)16(21)20-14-5-8-18(9-6-14)10-12-22-13-11-18;/h14-15H,2-13,19H2,1H3,(H,20,21);1H. The molecule has 3 rings (SSSR count). The lowest BCUT2D eigenvalue weighted by Gasteiger charge is -2.44. The van der Waals surface area contributed by atoms with E-state index in [4.69, 9.17) is 10.5 Å². The molecule has 0 radical (unpaired) electrons. The monoisotopic (exact) mass is 344 g/mol. The Hall–Kier alpha value is -0.320. The number of rotatable bonds is 2. The molecule has 1 saturated heterocycles. The molecule has 3 aliphatic rings. The van der Waals surface area contributed by atoms with Crippen LogP contribution in [0.3, 0.4) is 0 Å². The lowest BCUT2D eigenvalue weighted by atomic mass is 9.68. The van der Waals surface area contributed by atoms with Crippen molar-refractivity contribution in [2.45, 2.75) is 82.7 Å². The van der Waals surface area contributed by atoms with Gasteiger partial charge in [0.2, 0.25) is 5.91 Å². The number of nitrogens with one attached hydrogen (secondary N) is 1. The number of halogens is 1. The van der Waals surface area contributed by atoms with Crippen LogP contribution in [0, 0.1) is 11.3 Å². The summed E-state index contributed by atoms with van der Waals surface area (Å²) in [5.74, 6) is 0.206. The van der Waals surface area contributed by atoms with Crippen LogP contribution < -0.4 is 11.1 Å². The van der Waals surface area contributed by atoms with E-state index in [2.05, 4.69) is 5.32 Å². The average Bonchev–Trinajstić information content (AvgIpc) is 2.50. The van der Waals surface area contributed by atoms with Crippen LogP contribution in [0.1, 0.15) is 71.1 Å². The fourth-order valence-corrected chi connectivity index (χ4v) is 4.77. The van der Waals surface area contributed by atoms with Crippen molar-refractivity contribution in [2.75, 3.05) is 13.2 Å². The first-order chi connectivity index (χ1) is 10.5. The first-order valence-corrected chi connectivity index (χ1v) is 9.18. The molecular formula is C18H33ClN2O2. The van der Waals surface area contributed by atoms with Crippen LogP contribution in [0.15, 0.2) is 0 Å². The Kier molecular flexibility index (Phi) is 6.37. The van der Waals surface area contributed by atoms with E-state index in [1.165, 1.54) is 25.7 Å². The van der Waals surface area contributed by atoms with Gasteiger partial charge in [-0.15, -0.1) is 12.4 Å². The van der Waals surface area contributed by atoms with E-state index in [0.29, 0.717) is 11.5 Å². The Labute approximate surface area is 146 Å². The first-order valence-electron chi connectivity index (χ1n) is 9.18. The summed E-state index contributed by atoms with van der Waals surface area (Å²) in [7, 11) is 0. The predicted molar refractivity (Wildman–Crippen MR) is 94.7 cm³/mol. The van der Waals surface area contributed by atoms with Crippen LogP contribution in [-0.2, 0) is 9.53 Å². The highest BCUT2D eigenvalue weighted by molar-refractivity contribution is 5.85. The van der Waals surface area contributed by atoms with Gasteiger partial charge in [0.1, 0.15) is 0 Å². The molecule has 2 saturated carbocycles. The molecule has 4 nitrogen and oxygen atoms in total. The molecular weight excluding hydrogens is 312 g/mol. The Balaban J connectivity index is 0.00000192. The molecule has 2 atom stereocenters. The van der Waals surface area contributed by atoms with Crippen LogP contribution in [0.25, 0.3) is 0 Å². The molecule has 1 heterocycles. The topological polar surface area (TPSA) is 64.4 Å². The van der Waals surface area contributed by atoms with Crippen molar-refractivity contribution in [1.82, 2.24) is 5.32 Å². The zero-order chi connectivity index (χ0) is 15.6. The highest BCUT2D eigenvalue weighted by atomic mass is 35.5. The molecule has 1 aliphatic heterocycles. The maximum Gasteiger partial charge on any atom is 0.225 e. The summed E-state index contributed by atoms with van der Waals surface area (Å²) in [5.41, 5.74) is 6.55. The first kappa shape index (κ1) is 19.0. The fraction of sp³-hybridized carbons (Fsp3) is 0.944. The van der Waals surface area contributed by atoms with E-state index in [9.17, 15) is 4.79 Å². The molecule has 0 aromatic rings. The minimum Gasteiger partial charge on any atom is -0.381 e. The third-order valence-corrected chi connectivity index (χ3v) is 6.52. The molecule has 0 aromatic heterocycles. The van der Waals surface area contributed by atoms with Gasteiger partial charge in [0.25, 0.3) is 0 Å². The van der Waals surface area contributed by atoms with Crippen molar-refractivity contribution in [1.29, 1.82) is 0 Å². The van der Waals surface area contributed by atoms with Gasteiger partial charge in [0.05, 0.1) is 5.92 Å². The van der Waals surface area contributed by atoms with Crippen molar-refractivity contribution in [3.8, 4) is 0 Å². The maximum atomic E-state index is 12.6. The quantitative estimate of drug-likeness (QED) is 0.808. The average molecular weight is 345 g/mol. The summed E-state index contributed by atoms with van der Waals surface area (Å²) < 4.78 is 5.51. The summed E-state index contributed by atoms with van der Waals surface area (Å²) in [5, 5.41) is 3.32. The van der Waals surface area contributed by atoms with E-state index < -0.39 is 0 Å². The summed E-state index contributed by atoms with van der Waals surface area (Å²) in [4.78, 5) is 12.6. The second kappa shape index (κ2) is 7.71. The molecule has 1 amide bonds. The summed E-state index contributed by atoms with van der Waals surface area (Å²) in [6.07, 6.45) is 11.4. The third kappa shape index (κ3) is 4.40. The number of carbonyl (C=O) groups excluding carboxylic acids is 1. The summed E-state index contributed by atoms with van der Waals surface area (Å²) >= 11 is 0. The van der Waals surface area contributed by atoms with E-state index in [0.717, 1.165) is 51.7 Å². The number of amides is 1. The molecule has 2 unspecified atom stereocenters. The smallest absolute Gasteiger partial charge is 0.225 e. The van der Waals surface area contributed by atoms with E-state index in [1.54, 1.807) is 0 Å². The highest BCUT2D eigenvalue weighted by Gasteiger charge is 2.40. The molecule has 5 heteroatoms. The number of nitrogens with two attached hydrogens (primary N) is 1. The molecule has 134 valence electrons. The molecule has 3 fully saturated rings. The minimum atomic E-state index is -0.321. The van der Waals surface area contributed by atoms with Crippen molar-refractivity contribution < 1.29 is 9.53 Å². The Bertz CT molecular complexity index is 398. The number of carbonyl (C=O) groups is 1. The predicted octanol–water partition coefficient (Wildman–Crippen LogP) is 3.17. The highest BCUT2D eigenvalue weighted by Crippen LogP contribution is 2.44. The third-order valence-electron chi connectivity index (χ3n) is 6.52. The largest absolute Gasteiger partial charge is 0.381 e. The van der Waals surface area contributed by atoms with Gasteiger partial charge < -0.3 is 15.8 Å². The van der Waals surface area contributed by atoms with Gasteiger partial charge in [-0.25, -0.2) is 0 Å². The van der Waals surface area contributed by atoms with Gasteiger partial charge in [-0.3, -0.25) is 4.79 Å². The molecule has 1 spiro atoms. The fourth-order valence-electron chi connectivity index (χ4n) is 4.77. The SMILES string of the molecule is CC1(N)CCCCC1C(=O)NC1CCC2(CCOCC2)CC1.Cl. The van der Waals surface area contributed by atoms with E-state index in [1.807, 2.05) is 6.92 Å². The van der Waals surface area contributed by atoms with E-state index in [-0.39, 0.29) is 29.8 Å². The van der Waals surface area contributed by atoms with Gasteiger partial charge in [0.15, 0.2) is 0 Å². The van der Waals surface area contributed by atoms with Crippen LogP contribution in [-0.4, -0.2) is 30.7 Å². The van der Waals surface area contributed by atoms with Crippen LogP contribution in [0.2, 0.25) is 0 Å². The lowest BCUT2D eigenvalue weighted by molar-refractivity contribution is -0.129. The van der Waals surface area contributed by atoms with Gasteiger partial charge in [-0.1, -0.05) is 12.8 Å². The molecule has 0 bridgehead atoms. The summed E-state index contributed by atoms with van der Waals surface area (Å²) in [6, 6.07) is 0.360. The van der Waals surface area contributed by atoms with Gasteiger partial charge in [-0.2, -0.15) is 0 Å². The van der Waals surface area contributed by atoms with E-state index >= 15 is 0 Å². The Morgan fingerprint density at radius 1 is 1.04 bits per heavy atom. The maximum absolute atomic E-state index is 12.6.